The zero-order valence-electron chi connectivity index (χ0n) is 11.5. The summed E-state index contributed by atoms with van der Waals surface area (Å²) >= 11 is 11.1. The third-order valence-corrected chi connectivity index (χ3v) is 8.18. The van der Waals surface area contributed by atoms with Crippen molar-refractivity contribution >= 4 is 44.7 Å². The van der Waals surface area contributed by atoms with Gasteiger partial charge in [-0.2, -0.15) is 0 Å². The van der Waals surface area contributed by atoms with Crippen molar-refractivity contribution in [3.8, 4) is 0 Å². The average Bonchev–Trinajstić information content (AvgIpc) is 2.65. The van der Waals surface area contributed by atoms with E-state index >= 15 is 0 Å². The van der Waals surface area contributed by atoms with Gasteiger partial charge >= 0.3 is 0 Å². The highest BCUT2D eigenvalue weighted by Gasteiger charge is 2.58. The van der Waals surface area contributed by atoms with Crippen molar-refractivity contribution < 1.29 is 4.79 Å². The van der Waals surface area contributed by atoms with Crippen molar-refractivity contribution in [2.24, 2.45) is 22.7 Å². The zero-order chi connectivity index (χ0) is 14.1. The van der Waals surface area contributed by atoms with E-state index in [1.807, 2.05) is 6.07 Å². The van der Waals surface area contributed by atoms with E-state index in [2.05, 4.69) is 22.9 Å². The van der Waals surface area contributed by atoms with Gasteiger partial charge in [0, 0.05) is 5.41 Å². The summed E-state index contributed by atoms with van der Waals surface area (Å²) in [5, 5.41) is 0.675. The van der Waals surface area contributed by atoms with E-state index in [0.29, 0.717) is 16.2 Å². The minimum absolute atomic E-state index is 0.0769. The number of hydrogen-bond acceptors (Lipinski definition) is 2. The van der Waals surface area contributed by atoms with Gasteiger partial charge in [-0.25, -0.2) is 0 Å². The van der Waals surface area contributed by atoms with Gasteiger partial charge in [-0.15, -0.1) is 11.3 Å². The first kappa shape index (κ1) is 13.8. The fourth-order valence-corrected chi connectivity index (χ4v) is 7.47. The van der Waals surface area contributed by atoms with Crippen LogP contribution in [0.15, 0.2) is 9.85 Å². The van der Waals surface area contributed by atoms with Gasteiger partial charge in [0.2, 0.25) is 0 Å². The molecule has 4 saturated carbocycles. The van der Waals surface area contributed by atoms with Gasteiger partial charge < -0.3 is 0 Å². The first-order chi connectivity index (χ1) is 9.39. The molecular weight excluding hydrogens is 356 g/mol. The number of carbonyl (C=O) groups excluding carboxylic acids is 1. The van der Waals surface area contributed by atoms with Gasteiger partial charge in [0.05, 0.1) is 13.7 Å². The maximum atomic E-state index is 13.1. The molecule has 1 heterocycles. The summed E-state index contributed by atoms with van der Waals surface area (Å²) in [7, 11) is 0. The fraction of sp³-hybridized carbons (Fsp3) is 0.688. The molecule has 4 bridgehead atoms. The van der Waals surface area contributed by atoms with Crippen LogP contribution in [0.25, 0.3) is 0 Å². The van der Waals surface area contributed by atoms with Crippen LogP contribution >= 0.6 is 38.9 Å². The SMILES string of the molecule is CC12CC3CC(C1)CC(C(=O)c1cc(Cl)c(Br)s1)(C3)C2. The van der Waals surface area contributed by atoms with Crippen molar-refractivity contribution in [1.82, 2.24) is 0 Å². The normalized spacial score (nSPS) is 42.1. The lowest BCUT2D eigenvalue weighted by atomic mass is 9.44. The Labute approximate surface area is 137 Å². The van der Waals surface area contributed by atoms with Crippen LogP contribution in [0.5, 0.6) is 0 Å². The summed E-state index contributed by atoms with van der Waals surface area (Å²) in [6, 6.07) is 1.86. The standard InChI is InChI=1S/C16H18BrClOS/c1-15-4-9-2-10(5-15)7-16(6-9,8-15)13(19)12-3-11(18)14(17)20-12/h3,9-10H,2,4-8H2,1H3. The number of carbonyl (C=O) groups is 1. The van der Waals surface area contributed by atoms with E-state index in [4.69, 9.17) is 11.6 Å². The summed E-state index contributed by atoms with van der Waals surface area (Å²) in [6.45, 7) is 2.41. The lowest BCUT2D eigenvalue weighted by Crippen LogP contribution is -2.53. The third kappa shape index (κ3) is 1.96. The molecule has 20 heavy (non-hydrogen) atoms. The molecule has 108 valence electrons. The maximum Gasteiger partial charge on any atom is 0.179 e. The number of ketones is 1. The Morgan fingerprint density at radius 2 is 2.00 bits per heavy atom. The number of rotatable bonds is 2. The molecule has 5 rings (SSSR count). The van der Waals surface area contributed by atoms with Crippen LogP contribution < -0.4 is 0 Å². The highest BCUT2D eigenvalue weighted by atomic mass is 79.9. The number of halogens is 2. The molecule has 4 aliphatic carbocycles. The molecule has 4 heteroatoms. The van der Waals surface area contributed by atoms with Crippen molar-refractivity contribution in [2.45, 2.75) is 45.4 Å². The molecular formula is C16H18BrClOS. The fourth-order valence-electron chi connectivity index (χ4n) is 5.71. The Hall–Kier alpha value is 0.140. The second kappa shape index (κ2) is 4.33. The number of Topliss-reactive ketones (excluding diaryl/α,β-unsaturated/α-hetero) is 1. The molecule has 2 unspecified atom stereocenters. The van der Waals surface area contributed by atoms with Crippen LogP contribution in [-0.4, -0.2) is 5.78 Å². The van der Waals surface area contributed by atoms with E-state index < -0.39 is 0 Å². The minimum Gasteiger partial charge on any atom is -0.293 e. The second-order valence-corrected chi connectivity index (χ2v) is 10.4. The van der Waals surface area contributed by atoms with Crippen LogP contribution in [0, 0.1) is 22.7 Å². The summed E-state index contributed by atoms with van der Waals surface area (Å²) in [6.07, 6.45) is 7.37. The predicted molar refractivity (Wildman–Crippen MR) is 86.6 cm³/mol. The third-order valence-electron chi connectivity index (χ3n) is 5.70. The zero-order valence-corrected chi connectivity index (χ0v) is 14.7. The first-order valence-corrected chi connectivity index (χ1v) is 9.38. The van der Waals surface area contributed by atoms with Crippen LogP contribution in [0.3, 0.4) is 0 Å². The lowest BCUT2D eigenvalue weighted by Gasteiger charge is -2.60. The van der Waals surface area contributed by atoms with E-state index in [1.54, 1.807) is 0 Å². The van der Waals surface area contributed by atoms with E-state index in [0.717, 1.165) is 39.8 Å². The summed E-state index contributed by atoms with van der Waals surface area (Å²) in [4.78, 5) is 14.0. The molecule has 1 nitrogen and oxygen atoms in total. The van der Waals surface area contributed by atoms with E-state index in [1.165, 1.54) is 30.6 Å². The summed E-state index contributed by atoms with van der Waals surface area (Å²) in [5.74, 6) is 1.93. The highest BCUT2D eigenvalue weighted by Crippen LogP contribution is 2.66. The maximum absolute atomic E-state index is 13.1. The van der Waals surface area contributed by atoms with Crippen LogP contribution in [0.1, 0.15) is 55.1 Å². The van der Waals surface area contributed by atoms with Gasteiger partial charge in [0.1, 0.15) is 0 Å². The highest BCUT2D eigenvalue weighted by molar-refractivity contribution is 9.11. The molecule has 1 aromatic heterocycles. The van der Waals surface area contributed by atoms with Crippen molar-refractivity contribution in [2.75, 3.05) is 0 Å². The molecule has 0 aliphatic heterocycles. The summed E-state index contributed by atoms with van der Waals surface area (Å²) in [5.41, 5.74) is 0.338. The Morgan fingerprint density at radius 1 is 1.35 bits per heavy atom. The molecule has 0 amide bonds. The smallest absolute Gasteiger partial charge is 0.179 e. The molecule has 4 aliphatic rings. The molecule has 0 spiro atoms. The van der Waals surface area contributed by atoms with Gasteiger partial charge in [-0.3, -0.25) is 4.79 Å². The molecule has 0 aromatic carbocycles. The van der Waals surface area contributed by atoms with Crippen LogP contribution in [-0.2, 0) is 0 Å². The Morgan fingerprint density at radius 3 is 2.50 bits per heavy atom. The van der Waals surface area contributed by atoms with Crippen molar-refractivity contribution in [3.63, 3.8) is 0 Å². The second-order valence-electron chi connectivity index (χ2n) is 7.61. The Kier molecular flexibility index (Phi) is 2.98. The minimum atomic E-state index is -0.0769. The molecule has 0 radical (unpaired) electrons. The van der Waals surface area contributed by atoms with Crippen molar-refractivity contribution in [1.29, 1.82) is 0 Å². The topological polar surface area (TPSA) is 17.1 Å². The van der Waals surface area contributed by atoms with Gasteiger partial charge in [0.25, 0.3) is 0 Å². The average molecular weight is 374 g/mol. The van der Waals surface area contributed by atoms with Crippen LogP contribution in [0.2, 0.25) is 5.02 Å². The van der Waals surface area contributed by atoms with Gasteiger partial charge in [-0.05, 0) is 77.8 Å². The molecule has 1 aromatic rings. The van der Waals surface area contributed by atoms with Gasteiger partial charge in [0.15, 0.2) is 5.78 Å². The lowest BCUT2D eigenvalue weighted by molar-refractivity contribution is -0.0819. The number of thiophene rings is 1. The van der Waals surface area contributed by atoms with Crippen LogP contribution in [0.4, 0.5) is 0 Å². The number of hydrogen-bond donors (Lipinski definition) is 0. The first-order valence-electron chi connectivity index (χ1n) is 7.39. The largest absolute Gasteiger partial charge is 0.293 e. The summed E-state index contributed by atoms with van der Waals surface area (Å²) < 4.78 is 0.887. The Bertz CT molecular complexity index is 560. The Balaban J connectivity index is 1.72. The van der Waals surface area contributed by atoms with E-state index in [-0.39, 0.29) is 5.41 Å². The van der Waals surface area contributed by atoms with Gasteiger partial charge in [-0.1, -0.05) is 18.5 Å². The molecule has 0 N–H and O–H groups in total. The molecule has 2 atom stereocenters. The quantitative estimate of drug-likeness (QED) is 0.585. The molecule has 4 fully saturated rings. The monoisotopic (exact) mass is 372 g/mol. The van der Waals surface area contributed by atoms with Crippen molar-refractivity contribution in [3.05, 3.63) is 19.8 Å². The van der Waals surface area contributed by atoms with E-state index in [9.17, 15) is 4.79 Å². The molecule has 0 saturated heterocycles. The predicted octanol–water partition coefficient (Wildman–Crippen LogP) is 5.95.